The molecule has 1 atom stereocenters. The molecule has 1 aromatic carbocycles. The summed E-state index contributed by atoms with van der Waals surface area (Å²) in [6.07, 6.45) is 3.45. The summed E-state index contributed by atoms with van der Waals surface area (Å²) in [5.74, 6) is 2.22. The van der Waals surface area contributed by atoms with E-state index in [1.54, 1.807) is 21.3 Å². The number of nitrogens with one attached hydrogen (secondary N) is 2. The van der Waals surface area contributed by atoms with Crippen molar-refractivity contribution in [1.82, 2.24) is 20.4 Å². The molecule has 172 valence electrons. The van der Waals surface area contributed by atoms with Crippen LogP contribution in [0.3, 0.4) is 0 Å². The number of allylic oxidation sites excluding steroid dienone is 1. The summed E-state index contributed by atoms with van der Waals surface area (Å²) in [7, 11) is 7.06. The number of ether oxygens (including phenoxy) is 2. The van der Waals surface area contributed by atoms with Crippen LogP contribution >= 0.6 is 24.0 Å². The van der Waals surface area contributed by atoms with Gasteiger partial charge in [-0.1, -0.05) is 6.08 Å². The van der Waals surface area contributed by atoms with Crippen LogP contribution in [0.1, 0.15) is 35.0 Å². The van der Waals surface area contributed by atoms with Crippen molar-refractivity contribution < 1.29 is 9.47 Å². The van der Waals surface area contributed by atoms with Crippen LogP contribution in [0.15, 0.2) is 29.8 Å². The van der Waals surface area contributed by atoms with Gasteiger partial charge in [0.15, 0.2) is 17.5 Å². The number of rotatable bonds is 9. The van der Waals surface area contributed by atoms with Crippen LogP contribution in [0.4, 0.5) is 0 Å². The number of hydrogen-bond acceptors (Lipinski definition) is 4. The fraction of sp³-hybridized carbons (Fsp3) is 0.478. The molecule has 0 aliphatic carbocycles. The van der Waals surface area contributed by atoms with E-state index in [9.17, 15) is 0 Å². The first-order chi connectivity index (χ1) is 14.3. The molecule has 0 amide bonds. The first kappa shape index (κ1) is 26.8. The quantitative estimate of drug-likeness (QED) is 0.219. The number of nitrogens with zero attached hydrogens (tertiary/aromatic N) is 3. The number of aryl methyl sites for hydroxylation is 2. The fourth-order valence-corrected chi connectivity index (χ4v) is 3.60. The largest absolute Gasteiger partial charge is 0.493 e. The van der Waals surface area contributed by atoms with E-state index in [0.29, 0.717) is 18.7 Å². The Morgan fingerprint density at radius 1 is 1.29 bits per heavy atom. The van der Waals surface area contributed by atoms with E-state index in [0.717, 1.165) is 35.0 Å². The van der Waals surface area contributed by atoms with Crippen LogP contribution in [0, 0.1) is 13.8 Å². The van der Waals surface area contributed by atoms with E-state index in [2.05, 4.69) is 54.1 Å². The Morgan fingerprint density at radius 3 is 2.52 bits per heavy atom. The number of halogens is 1. The molecular formula is C23H36IN5O2. The van der Waals surface area contributed by atoms with Gasteiger partial charge in [-0.15, -0.1) is 30.6 Å². The lowest BCUT2D eigenvalue weighted by atomic mass is 10.1. The van der Waals surface area contributed by atoms with Crippen molar-refractivity contribution in [3.05, 3.63) is 52.9 Å². The summed E-state index contributed by atoms with van der Waals surface area (Å²) in [5.41, 5.74) is 5.68. The number of aliphatic imine (C=N–C) groups is 1. The van der Waals surface area contributed by atoms with Crippen molar-refractivity contribution >= 4 is 29.9 Å². The van der Waals surface area contributed by atoms with Crippen LogP contribution in [0.25, 0.3) is 0 Å². The van der Waals surface area contributed by atoms with E-state index in [1.807, 2.05) is 23.9 Å². The highest BCUT2D eigenvalue weighted by molar-refractivity contribution is 14.0. The van der Waals surface area contributed by atoms with Gasteiger partial charge in [0.2, 0.25) is 0 Å². The SMILES string of the molecule is C=CCc1cc(CNC(=NC)NC(C)Cc2c(C)nn(C)c2C)cc(OC)c1OC.I. The third kappa shape index (κ3) is 6.88. The minimum absolute atomic E-state index is 0. The number of hydrogen-bond donors (Lipinski definition) is 2. The summed E-state index contributed by atoms with van der Waals surface area (Å²) in [5, 5.41) is 11.4. The normalized spacial score (nSPS) is 12.0. The molecule has 0 aliphatic heterocycles. The van der Waals surface area contributed by atoms with E-state index in [4.69, 9.17) is 9.47 Å². The average Bonchev–Trinajstić information content (AvgIpc) is 2.96. The van der Waals surface area contributed by atoms with Crippen LogP contribution in [-0.2, 0) is 26.4 Å². The van der Waals surface area contributed by atoms with Gasteiger partial charge in [-0.25, -0.2) is 0 Å². The van der Waals surface area contributed by atoms with Crippen molar-refractivity contribution in [2.24, 2.45) is 12.0 Å². The molecule has 0 bridgehead atoms. The zero-order valence-corrected chi connectivity index (χ0v) is 22.0. The second-order valence-electron chi connectivity index (χ2n) is 7.43. The molecule has 2 N–H and O–H groups in total. The Labute approximate surface area is 203 Å². The van der Waals surface area contributed by atoms with Gasteiger partial charge in [-0.2, -0.15) is 5.10 Å². The molecule has 8 heteroatoms. The second-order valence-corrected chi connectivity index (χ2v) is 7.43. The molecule has 0 aliphatic rings. The second kappa shape index (κ2) is 12.6. The van der Waals surface area contributed by atoms with E-state index >= 15 is 0 Å². The first-order valence-electron chi connectivity index (χ1n) is 10.1. The van der Waals surface area contributed by atoms with Gasteiger partial charge in [0, 0.05) is 37.9 Å². The number of aromatic nitrogens is 2. The van der Waals surface area contributed by atoms with Gasteiger partial charge < -0.3 is 20.1 Å². The Morgan fingerprint density at radius 2 is 2.00 bits per heavy atom. The zero-order valence-electron chi connectivity index (χ0n) is 19.7. The van der Waals surface area contributed by atoms with Gasteiger partial charge in [-0.3, -0.25) is 9.67 Å². The molecule has 0 spiro atoms. The van der Waals surface area contributed by atoms with E-state index in [-0.39, 0.29) is 30.0 Å². The number of benzene rings is 1. The third-order valence-electron chi connectivity index (χ3n) is 5.22. The lowest BCUT2D eigenvalue weighted by molar-refractivity contribution is 0.352. The van der Waals surface area contributed by atoms with Crippen LogP contribution in [0.2, 0.25) is 0 Å². The zero-order chi connectivity index (χ0) is 22.3. The minimum Gasteiger partial charge on any atom is -0.493 e. The van der Waals surface area contributed by atoms with Crippen molar-refractivity contribution in [3.63, 3.8) is 0 Å². The van der Waals surface area contributed by atoms with Crippen molar-refractivity contribution in [1.29, 1.82) is 0 Å². The molecule has 7 nitrogen and oxygen atoms in total. The highest BCUT2D eigenvalue weighted by atomic mass is 127. The van der Waals surface area contributed by atoms with Crippen LogP contribution in [0.5, 0.6) is 11.5 Å². The summed E-state index contributed by atoms with van der Waals surface area (Å²) >= 11 is 0. The molecule has 1 unspecified atom stereocenters. The van der Waals surface area contributed by atoms with Gasteiger partial charge in [0.25, 0.3) is 0 Å². The maximum absolute atomic E-state index is 5.52. The fourth-order valence-electron chi connectivity index (χ4n) is 3.60. The van der Waals surface area contributed by atoms with Gasteiger partial charge in [0.05, 0.1) is 19.9 Å². The smallest absolute Gasteiger partial charge is 0.191 e. The Balaban J connectivity index is 0.00000480. The molecule has 0 fully saturated rings. The molecule has 0 radical (unpaired) electrons. The first-order valence-corrected chi connectivity index (χ1v) is 10.1. The molecule has 2 aromatic rings. The van der Waals surface area contributed by atoms with Crippen LogP contribution in [-0.4, -0.2) is 43.0 Å². The summed E-state index contributed by atoms with van der Waals surface area (Å²) in [6.45, 7) is 10.8. The van der Waals surface area contributed by atoms with Gasteiger partial charge in [-0.05, 0) is 56.9 Å². The van der Waals surface area contributed by atoms with Crippen molar-refractivity contribution in [2.45, 2.75) is 46.2 Å². The maximum Gasteiger partial charge on any atom is 0.191 e. The molecule has 0 saturated heterocycles. The van der Waals surface area contributed by atoms with E-state index in [1.165, 1.54) is 11.3 Å². The Hall–Kier alpha value is -2.23. The third-order valence-corrected chi connectivity index (χ3v) is 5.22. The molecule has 0 saturated carbocycles. The summed E-state index contributed by atoms with van der Waals surface area (Å²) < 4.78 is 13.0. The monoisotopic (exact) mass is 541 g/mol. The summed E-state index contributed by atoms with van der Waals surface area (Å²) in [6, 6.07) is 4.30. The molecular weight excluding hydrogens is 505 g/mol. The minimum atomic E-state index is 0. The molecule has 2 rings (SSSR count). The number of guanidine groups is 1. The highest BCUT2D eigenvalue weighted by Crippen LogP contribution is 2.33. The standard InChI is InChI=1S/C23H35N5O2.HI/c1-9-10-19-12-18(13-21(29-7)22(19)30-8)14-25-23(24-5)26-15(2)11-20-16(3)27-28(6)17(20)4;/h9,12-13,15H,1,10-11,14H2,2-8H3,(H2,24,25,26);1H. The summed E-state index contributed by atoms with van der Waals surface area (Å²) in [4.78, 5) is 4.37. The maximum atomic E-state index is 5.52. The van der Waals surface area contributed by atoms with Crippen molar-refractivity contribution in [2.75, 3.05) is 21.3 Å². The highest BCUT2D eigenvalue weighted by Gasteiger charge is 2.15. The van der Waals surface area contributed by atoms with Gasteiger partial charge in [0.1, 0.15) is 0 Å². The lowest BCUT2D eigenvalue weighted by Crippen LogP contribution is -2.42. The Kier molecular flexibility index (Phi) is 10.9. The molecule has 1 aromatic heterocycles. The predicted octanol–water partition coefficient (Wildman–Crippen LogP) is 3.70. The van der Waals surface area contributed by atoms with Crippen LogP contribution < -0.4 is 20.1 Å². The Bertz CT molecular complexity index is 908. The molecule has 1 heterocycles. The number of methoxy groups -OCH3 is 2. The predicted molar refractivity (Wildman–Crippen MR) is 138 cm³/mol. The topological polar surface area (TPSA) is 72.7 Å². The van der Waals surface area contributed by atoms with Gasteiger partial charge >= 0.3 is 0 Å². The van der Waals surface area contributed by atoms with Crippen molar-refractivity contribution in [3.8, 4) is 11.5 Å². The lowest BCUT2D eigenvalue weighted by Gasteiger charge is -2.19. The van der Waals surface area contributed by atoms with E-state index < -0.39 is 0 Å². The molecule has 31 heavy (non-hydrogen) atoms. The average molecular weight is 541 g/mol.